The number of nitrogens with zero attached hydrogens (tertiary/aromatic N) is 7. The lowest BCUT2D eigenvalue weighted by atomic mass is 10.0. The number of rotatable bonds is 8. The molecule has 5 heterocycles. The van der Waals surface area contributed by atoms with Gasteiger partial charge in [-0.15, -0.1) is 0 Å². The molecule has 3 aliphatic rings. The van der Waals surface area contributed by atoms with Gasteiger partial charge < -0.3 is 28.8 Å². The highest BCUT2D eigenvalue weighted by Gasteiger charge is 2.46. The fourth-order valence-corrected chi connectivity index (χ4v) is 7.29. The molecule has 0 radical (unpaired) electrons. The molecule has 1 aliphatic heterocycles. The van der Waals surface area contributed by atoms with Gasteiger partial charge in [-0.05, 0) is 79.8 Å². The predicted octanol–water partition coefficient (Wildman–Crippen LogP) is 5.42. The molecule has 1 N–H and O–H groups in total. The fraction of sp³-hybridized carbons (Fsp3) is 0.424. The molecule has 2 aliphatic carbocycles. The summed E-state index contributed by atoms with van der Waals surface area (Å²) in [6, 6.07) is 12.4. The Balaban J connectivity index is 1.20. The molecule has 3 fully saturated rings. The Morgan fingerprint density at radius 2 is 1.84 bits per heavy atom. The molecule has 1 amide bonds. The molecular weight excluding hydrogens is 556 g/mol. The standard InChI is InChI=1S/C33H36N8O3/c1-18-21-7-9-24(18)41(17-21)32(42)22-13-23-29(26(15-22)43-3)39(2)31(35-23)25-14-20-8-10-27(36-28-11-12-34-33(38-28)44-4)37-30(20)40(25)16-19-5-6-19/h8,10-15,18-19,21,24H,5-7,9,16-17H2,1-4H3,(H,34,36,37,38)/t18-,21?,24?/m1/s1. The van der Waals surface area contributed by atoms with Crippen LogP contribution < -0.4 is 14.8 Å². The van der Waals surface area contributed by atoms with Crippen LogP contribution in [0.5, 0.6) is 11.8 Å². The van der Waals surface area contributed by atoms with Gasteiger partial charge >= 0.3 is 6.01 Å². The maximum absolute atomic E-state index is 13.8. The predicted molar refractivity (Wildman–Crippen MR) is 167 cm³/mol. The monoisotopic (exact) mass is 592 g/mol. The Bertz CT molecular complexity index is 1930. The van der Waals surface area contributed by atoms with Gasteiger partial charge in [0, 0.05) is 43.3 Å². The van der Waals surface area contributed by atoms with E-state index < -0.39 is 0 Å². The number of hydrogen-bond acceptors (Lipinski definition) is 8. The number of anilines is 2. The number of aromatic nitrogens is 6. The number of benzene rings is 1. The van der Waals surface area contributed by atoms with E-state index in [4.69, 9.17) is 19.4 Å². The highest BCUT2D eigenvalue weighted by Crippen LogP contribution is 2.44. The van der Waals surface area contributed by atoms with Crippen LogP contribution >= 0.6 is 0 Å². The quantitative estimate of drug-likeness (QED) is 0.254. The zero-order valence-corrected chi connectivity index (χ0v) is 25.4. The van der Waals surface area contributed by atoms with Crippen molar-refractivity contribution in [3.8, 4) is 23.3 Å². The fourth-order valence-electron chi connectivity index (χ4n) is 7.29. The van der Waals surface area contributed by atoms with E-state index in [-0.39, 0.29) is 5.91 Å². The van der Waals surface area contributed by atoms with E-state index in [0.29, 0.717) is 52.8 Å². The molecule has 2 saturated carbocycles. The highest BCUT2D eigenvalue weighted by molar-refractivity contribution is 6.00. The van der Waals surface area contributed by atoms with Crippen LogP contribution in [0.15, 0.2) is 42.6 Å². The summed E-state index contributed by atoms with van der Waals surface area (Å²) in [5.74, 6) is 4.60. The molecular formula is C33H36N8O3. The van der Waals surface area contributed by atoms with Crippen molar-refractivity contribution < 1.29 is 14.3 Å². The van der Waals surface area contributed by atoms with Crippen LogP contribution in [0.25, 0.3) is 33.6 Å². The van der Waals surface area contributed by atoms with Crippen molar-refractivity contribution in [2.24, 2.45) is 24.8 Å². The lowest BCUT2D eigenvalue weighted by Gasteiger charge is -2.27. The van der Waals surface area contributed by atoms with Crippen LogP contribution in [0.1, 0.15) is 43.0 Å². The molecule has 11 nitrogen and oxygen atoms in total. The SMILES string of the molecule is COc1nccc(Nc2ccc3cc(-c4nc5cc(C(=O)N6CC7CCC6[C@@H]7C)cc(OC)c5n4C)n(CC4CC4)c3n2)n1. The summed E-state index contributed by atoms with van der Waals surface area (Å²) in [4.78, 5) is 34.4. The molecule has 0 spiro atoms. The second kappa shape index (κ2) is 10.2. The molecule has 1 aromatic carbocycles. The summed E-state index contributed by atoms with van der Waals surface area (Å²) in [5.41, 5.74) is 4.12. The van der Waals surface area contributed by atoms with Crippen molar-refractivity contribution in [1.82, 2.24) is 34.0 Å². The number of methoxy groups -OCH3 is 2. The van der Waals surface area contributed by atoms with E-state index in [2.05, 4.69) is 48.4 Å². The average Bonchev–Trinajstić information content (AvgIpc) is 3.45. The molecule has 4 aromatic heterocycles. The van der Waals surface area contributed by atoms with Crippen molar-refractivity contribution in [1.29, 1.82) is 0 Å². The van der Waals surface area contributed by atoms with Gasteiger partial charge in [0.2, 0.25) is 0 Å². The normalized spacial score (nSPS) is 21.0. The number of aryl methyl sites for hydroxylation is 1. The first-order valence-corrected chi connectivity index (χ1v) is 15.4. The number of piperidine rings is 1. The number of imidazole rings is 1. The zero-order valence-electron chi connectivity index (χ0n) is 25.4. The first-order valence-electron chi connectivity index (χ1n) is 15.4. The van der Waals surface area contributed by atoms with Gasteiger partial charge in [0.15, 0.2) is 5.82 Å². The molecule has 8 rings (SSSR count). The molecule has 3 atom stereocenters. The molecule has 226 valence electrons. The number of nitrogens with one attached hydrogen (secondary N) is 1. The van der Waals surface area contributed by atoms with Crippen LogP contribution in [0.3, 0.4) is 0 Å². The number of likely N-dealkylation sites (tertiary alicyclic amines) is 1. The Morgan fingerprint density at radius 1 is 1.00 bits per heavy atom. The summed E-state index contributed by atoms with van der Waals surface area (Å²) in [6.07, 6.45) is 6.37. The number of ether oxygens (including phenoxy) is 2. The summed E-state index contributed by atoms with van der Waals surface area (Å²) >= 11 is 0. The summed E-state index contributed by atoms with van der Waals surface area (Å²) in [6.45, 7) is 3.98. The van der Waals surface area contributed by atoms with Gasteiger partial charge in [-0.2, -0.15) is 4.98 Å². The lowest BCUT2D eigenvalue weighted by Crippen LogP contribution is -2.38. The van der Waals surface area contributed by atoms with Crippen LogP contribution in [0, 0.1) is 17.8 Å². The van der Waals surface area contributed by atoms with Crippen molar-refractivity contribution >= 4 is 39.6 Å². The van der Waals surface area contributed by atoms with Gasteiger partial charge in [0.1, 0.15) is 28.5 Å². The number of pyridine rings is 1. The first-order chi connectivity index (χ1) is 21.4. The third-order valence-electron chi connectivity index (χ3n) is 9.86. The van der Waals surface area contributed by atoms with Crippen molar-refractivity contribution in [3.05, 3.63) is 48.2 Å². The van der Waals surface area contributed by atoms with Crippen molar-refractivity contribution in [2.45, 2.75) is 45.2 Å². The van der Waals surface area contributed by atoms with E-state index in [1.807, 2.05) is 25.2 Å². The zero-order chi connectivity index (χ0) is 30.1. The molecule has 11 heteroatoms. The van der Waals surface area contributed by atoms with Crippen LogP contribution in [0.2, 0.25) is 0 Å². The summed E-state index contributed by atoms with van der Waals surface area (Å²) in [5, 5.41) is 4.31. The smallest absolute Gasteiger partial charge is 0.318 e. The van der Waals surface area contributed by atoms with Gasteiger partial charge in [-0.1, -0.05) is 6.92 Å². The molecule has 44 heavy (non-hydrogen) atoms. The molecule has 1 saturated heterocycles. The number of carbonyl (C=O) groups is 1. The van der Waals surface area contributed by atoms with Crippen molar-refractivity contribution in [3.63, 3.8) is 0 Å². The maximum atomic E-state index is 13.8. The number of fused-ring (bicyclic) bond motifs is 4. The molecule has 2 unspecified atom stereocenters. The minimum Gasteiger partial charge on any atom is -0.494 e. The minimum atomic E-state index is 0.0739. The van der Waals surface area contributed by atoms with E-state index in [0.717, 1.165) is 53.1 Å². The lowest BCUT2D eigenvalue weighted by molar-refractivity contribution is 0.0696. The molecule has 5 aromatic rings. The highest BCUT2D eigenvalue weighted by atomic mass is 16.5. The van der Waals surface area contributed by atoms with Crippen LogP contribution in [-0.2, 0) is 13.6 Å². The van der Waals surface area contributed by atoms with Gasteiger partial charge in [-0.25, -0.2) is 15.0 Å². The Hall–Kier alpha value is -4.67. The first kappa shape index (κ1) is 26.9. The minimum absolute atomic E-state index is 0.0739. The Morgan fingerprint density at radius 3 is 2.57 bits per heavy atom. The maximum Gasteiger partial charge on any atom is 0.318 e. The van der Waals surface area contributed by atoms with Gasteiger partial charge in [0.05, 0.1) is 25.4 Å². The van der Waals surface area contributed by atoms with E-state index in [9.17, 15) is 4.79 Å². The number of carbonyl (C=O) groups excluding carboxylic acids is 1. The number of hydrogen-bond donors (Lipinski definition) is 1. The topological polar surface area (TPSA) is 112 Å². The Labute approximate surface area is 255 Å². The average molecular weight is 593 g/mol. The van der Waals surface area contributed by atoms with Gasteiger partial charge in [0.25, 0.3) is 5.91 Å². The number of amides is 1. The summed E-state index contributed by atoms with van der Waals surface area (Å²) in [7, 11) is 5.21. The summed E-state index contributed by atoms with van der Waals surface area (Å²) < 4.78 is 15.4. The van der Waals surface area contributed by atoms with Crippen LogP contribution in [-0.4, -0.2) is 66.7 Å². The van der Waals surface area contributed by atoms with Crippen LogP contribution in [0.4, 0.5) is 11.6 Å². The second-order valence-electron chi connectivity index (χ2n) is 12.5. The van der Waals surface area contributed by atoms with E-state index >= 15 is 0 Å². The largest absolute Gasteiger partial charge is 0.494 e. The third kappa shape index (κ3) is 4.36. The van der Waals surface area contributed by atoms with Gasteiger partial charge in [-0.3, -0.25) is 4.79 Å². The van der Waals surface area contributed by atoms with Crippen molar-refractivity contribution in [2.75, 3.05) is 26.1 Å². The molecule has 2 bridgehead atoms. The van der Waals surface area contributed by atoms with E-state index in [1.54, 1.807) is 26.5 Å². The third-order valence-corrected chi connectivity index (χ3v) is 9.86. The van der Waals surface area contributed by atoms with E-state index in [1.165, 1.54) is 19.3 Å². The second-order valence-corrected chi connectivity index (χ2v) is 12.5. The Kier molecular flexibility index (Phi) is 6.25.